The Bertz CT molecular complexity index is 505. The van der Waals surface area contributed by atoms with Gasteiger partial charge in [0.25, 0.3) is 5.91 Å². The summed E-state index contributed by atoms with van der Waals surface area (Å²) in [6, 6.07) is 0. The first kappa shape index (κ1) is 15.9. The van der Waals surface area contributed by atoms with Gasteiger partial charge in [0.15, 0.2) is 11.5 Å². The number of carbonyl (C=O) groups is 2. The van der Waals surface area contributed by atoms with Crippen LogP contribution in [-0.2, 0) is 11.8 Å². The molecule has 0 saturated heterocycles. The van der Waals surface area contributed by atoms with E-state index in [1.807, 2.05) is 6.92 Å². The number of hydrogen-bond donors (Lipinski definition) is 2. The van der Waals surface area contributed by atoms with E-state index in [0.29, 0.717) is 18.1 Å². The van der Waals surface area contributed by atoms with Crippen LogP contribution in [0.25, 0.3) is 0 Å². The van der Waals surface area contributed by atoms with Gasteiger partial charge >= 0.3 is 0 Å². The summed E-state index contributed by atoms with van der Waals surface area (Å²) in [4.78, 5) is 27.1. The van der Waals surface area contributed by atoms with Crippen molar-refractivity contribution in [3.63, 3.8) is 0 Å². The summed E-state index contributed by atoms with van der Waals surface area (Å²) in [5.74, 6) is -0.192. The highest BCUT2D eigenvalue weighted by atomic mass is 16.2. The van der Waals surface area contributed by atoms with E-state index in [2.05, 4.69) is 22.2 Å². The van der Waals surface area contributed by atoms with Crippen LogP contribution < -0.4 is 10.6 Å². The summed E-state index contributed by atoms with van der Waals surface area (Å²) >= 11 is 0. The van der Waals surface area contributed by atoms with Crippen molar-refractivity contribution < 1.29 is 9.59 Å². The summed E-state index contributed by atoms with van der Waals surface area (Å²) in [6.07, 6.45) is 4.37. The molecular formula is C14H22N4O2. The minimum Gasteiger partial charge on any atom is -0.351 e. The number of aryl methyl sites for hydroxylation is 1. The first-order valence-electron chi connectivity index (χ1n) is 6.63. The molecular weight excluding hydrogens is 256 g/mol. The summed E-state index contributed by atoms with van der Waals surface area (Å²) in [7, 11) is 1.72. The summed E-state index contributed by atoms with van der Waals surface area (Å²) in [6.45, 7) is 7.81. The Morgan fingerprint density at radius 1 is 1.35 bits per heavy atom. The maximum atomic E-state index is 12.1. The monoisotopic (exact) mass is 278 g/mol. The molecule has 0 bridgehead atoms. The Morgan fingerprint density at radius 3 is 2.65 bits per heavy atom. The lowest BCUT2D eigenvalue weighted by atomic mass is 10.1. The highest BCUT2D eigenvalue weighted by Crippen LogP contribution is 2.12. The maximum absolute atomic E-state index is 12.1. The zero-order valence-electron chi connectivity index (χ0n) is 12.3. The molecule has 2 N–H and O–H groups in total. The van der Waals surface area contributed by atoms with Gasteiger partial charge in [0.2, 0.25) is 5.91 Å². The van der Waals surface area contributed by atoms with Crippen LogP contribution in [0.3, 0.4) is 0 Å². The molecule has 0 saturated carbocycles. The maximum Gasteiger partial charge on any atom is 0.271 e. The molecule has 0 aromatic carbocycles. The fraction of sp³-hybridized carbons (Fsp3) is 0.500. The third kappa shape index (κ3) is 4.87. The SMILES string of the molecule is C=C(C)CCCCNC(=O)c1c(NC(C)=O)ncn1C. The highest BCUT2D eigenvalue weighted by molar-refractivity contribution is 6.01. The molecule has 0 radical (unpaired) electrons. The minimum absolute atomic E-state index is 0.232. The number of imidazole rings is 1. The lowest BCUT2D eigenvalue weighted by Crippen LogP contribution is -2.27. The van der Waals surface area contributed by atoms with E-state index in [4.69, 9.17) is 0 Å². The van der Waals surface area contributed by atoms with Gasteiger partial charge in [-0.05, 0) is 26.2 Å². The topological polar surface area (TPSA) is 76.0 Å². The summed E-state index contributed by atoms with van der Waals surface area (Å²) < 4.78 is 1.59. The number of rotatable bonds is 7. The van der Waals surface area contributed by atoms with Gasteiger partial charge in [0.05, 0.1) is 6.33 Å². The highest BCUT2D eigenvalue weighted by Gasteiger charge is 2.17. The largest absolute Gasteiger partial charge is 0.351 e. The Morgan fingerprint density at radius 2 is 2.05 bits per heavy atom. The van der Waals surface area contributed by atoms with Crippen LogP contribution in [0.5, 0.6) is 0 Å². The molecule has 1 aromatic rings. The van der Waals surface area contributed by atoms with Crippen molar-refractivity contribution in [2.75, 3.05) is 11.9 Å². The van der Waals surface area contributed by atoms with Crippen molar-refractivity contribution in [3.8, 4) is 0 Å². The third-order valence-corrected chi connectivity index (χ3v) is 2.76. The number of unbranched alkanes of at least 4 members (excludes halogenated alkanes) is 1. The predicted molar refractivity (Wildman–Crippen MR) is 78.5 cm³/mol. The molecule has 0 atom stereocenters. The van der Waals surface area contributed by atoms with Gasteiger partial charge in [0, 0.05) is 20.5 Å². The van der Waals surface area contributed by atoms with E-state index < -0.39 is 0 Å². The fourth-order valence-corrected chi connectivity index (χ4v) is 1.79. The second kappa shape index (κ2) is 7.47. The van der Waals surface area contributed by atoms with Crippen molar-refractivity contribution in [1.82, 2.24) is 14.9 Å². The van der Waals surface area contributed by atoms with E-state index >= 15 is 0 Å². The first-order chi connectivity index (χ1) is 9.41. The van der Waals surface area contributed by atoms with Crippen molar-refractivity contribution in [2.24, 2.45) is 7.05 Å². The number of anilines is 1. The molecule has 0 aliphatic heterocycles. The van der Waals surface area contributed by atoms with E-state index in [9.17, 15) is 9.59 Å². The normalized spacial score (nSPS) is 10.2. The molecule has 0 fully saturated rings. The average molecular weight is 278 g/mol. The molecule has 0 unspecified atom stereocenters. The molecule has 0 aliphatic rings. The molecule has 1 heterocycles. The van der Waals surface area contributed by atoms with Crippen molar-refractivity contribution in [2.45, 2.75) is 33.1 Å². The van der Waals surface area contributed by atoms with Crippen molar-refractivity contribution in [3.05, 3.63) is 24.2 Å². The van der Waals surface area contributed by atoms with Crippen LogP contribution in [0.4, 0.5) is 5.82 Å². The second-order valence-corrected chi connectivity index (χ2v) is 4.90. The van der Waals surface area contributed by atoms with Crippen LogP contribution in [-0.4, -0.2) is 27.9 Å². The van der Waals surface area contributed by atoms with Gasteiger partial charge in [-0.2, -0.15) is 0 Å². The number of nitrogens with one attached hydrogen (secondary N) is 2. The van der Waals surface area contributed by atoms with Crippen molar-refractivity contribution >= 4 is 17.6 Å². The zero-order chi connectivity index (χ0) is 15.1. The third-order valence-electron chi connectivity index (χ3n) is 2.76. The lowest BCUT2D eigenvalue weighted by molar-refractivity contribution is -0.114. The molecule has 2 amide bonds. The van der Waals surface area contributed by atoms with Crippen LogP contribution in [0.2, 0.25) is 0 Å². The average Bonchev–Trinajstić information content (AvgIpc) is 2.68. The van der Waals surface area contributed by atoms with E-state index in [1.54, 1.807) is 11.6 Å². The van der Waals surface area contributed by atoms with Crippen LogP contribution in [0, 0.1) is 0 Å². The number of allylic oxidation sites excluding steroid dienone is 1. The molecule has 0 aliphatic carbocycles. The summed E-state index contributed by atoms with van der Waals surface area (Å²) in [5.41, 5.74) is 1.51. The molecule has 1 rings (SSSR count). The van der Waals surface area contributed by atoms with E-state index in [1.165, 1.54) is 13.3 Å². The quantitative estimate of drug-likeness (QED) is 0.590. The predicted octanol–water partition coefficient (Wildman–Crippen LogP) is 1.85. The number of hydrogen-bond acceptors (Lipinski definition) is 3. The van der Waals surface area contributed by atoms with Gasteiger partial charge in [-0.3, -0.25) is 9.59 Å². The zero-order valence-corrected chi connectivity index (χ0v) is 12.3. The number of carbonyl (C=O) groups excluding carboxylic acids is 2. The molecule has 6 nitrogen and oxygen atoms in total. The van der Waals surface area contributed by atoms with Crippen LogP contribution in [0.1, 0.15) is 43.6 Å². The second-order valence-electron chi connectivity index (χ2n) is 4.90. The lowest BCUT2D eigenvalue weighted by Gasteiger charge is -2.08. The molecule has 20 heavy (non-hydrogen) atoms. The molecule has 6 heteroatoms. The van der Waals surface area contributed by atoms with E-state index in [-0.39, 0.29) is 11.8 Å². The number of nitrogens with zero attached hydrogens (tertiary/aromatic N) is 2. The Hall–Kier alpha value is -2.11. The smallest absolute Gasteiger partial charge is 0.271 e. The van der Waals surface area contributed by atoms with Gasteiger partial charge in [-0.15, -0.1) is 6.58 Å². The van der Waals surface area contributed by atoms with Gasteiger partial charge < -0.3 is 15.2 Å². The Labute approximate surface area is 119 Å². The molecule has 110 valence electrons. The number of amides is 2. The Kier molecular flexibility index (Phi) is 5.96. The van der Waals surface area contributed by atoms with Gasteiger partial charge in [-0.1, -0.05) is 5.57 Å². The standard InChI is InChI=1S/C14H22N4O2/c1-10(2)7-5-6-8-15-14(20)12-13(17-11(3)19)16-9-18(12)4/h9H,1,5-8H2,2-4H3,(H,15,20)(H,17,19). The molecule has 0 spiro atoms. The Balaban J connectivity index is 2.52. The minimum atomic E-state index is -0.251. The van der Waals surface area contributed by atoms with E-state index in [0.717, 1.165) is 24.8 Å². The fourth-order valence-electron chi connectivity index (χ4n) is 1.79. The summed E-state index contributed by atoms with van der Waals surface area (Å²) in [5, 5.41) is 5.38. The first-order valence-corrected chi connectivity index (χ1v) is 6.63. The number of aromatic nitrogens is 2. The van der Waals surface area contributed by atoms with Crippen LogP contribution >= 0.6 is 0 Å². The molecule has 1 aromatic heterocycles. The van der Waals surface area contributed by atoms with Gasteiger partial charge in [0.1, 0.15) is 0 Å². The van der Waals surface area contributed by atoms with Crippen molar-refractivity contribution in [1.29, 1.82) is 0 Å². The van der Waals surface area contributed by atoms with Crippen LogP contribution in [0.15, 0.2) is 18.5 Å². The van der Waals surface area contributed by atoms with Gasteiger partial charge in [-0.25, -0.2) is 4.98 Å².